The fourth-order valence-corrected chi connectivity index (χ4v) is 94.2. The van der Waals surface area contributed by atoms with Crippen LogP contribution < -0.4 is 0 Å². The first-order chi connectivity index (χ1) is 27.3. The van der Waals surface area contributed by atoms with Crippen molar-refractivity contribution in [1.29, 1.82) is 0 Å². The molecule has 64 heavy (non-hydrogen) atoms. The van der Waals surface area contributed by atoms with E-state index in [1.54, 1.807) is 0 Å². The maximum absolute atomic E-state index is 6.88. The largest absolute Gasteiger partial charge is 0.416 e. The van der Waals surface area contributed by atoms with Crippen LogP contribution in [0.5, 0.6) is 0 Å². The first-order valence-electron chi connectivity index (χ1n) is 22.5. The molecule has 0 radical (unpaired) electrons. The fourth-order valence-electron chi connectivity index (χ4n) is 9.80. The Morgan fingerprint density at radius 2 is 0.125 bits per heavy atom. The molecule has 32 heteroatoms. The van der Waals surface area contributed by atoms with Gasteiger partial charge in [-0.3, -0.25) is 0 Å². The van der Waals surface area contributed by atoms with Crippen molar-refractivity contribution in [3.63, 3.8) is 0 Å². The summed E-state index contributed by atoms with van der Waals surface area (Å²) in [6, 6.07) is 0. The monoisotopic (exact) mass is 1180 g/mol. The zero-order valence-corrected chi connectivity index (χ0v) is 62.5. The van der Waals surface area contributed by atoms with Crippen LogP contribution in [0, 0.1) is 0 Å². The maximum atomic E-state index is 6.88. The molecule has 0 atom stereocenters. The summed E-state index contributed by atoms with van der Waals surface area (Å²) in [4.78, 5) is 0. The molecule has 16 nitrogen and oxygen atoms in total. The summed E-state index contributed by atoms with van der Waals surface area (Å²) >= 11 is 0. The predicted octanol–water partition coefficient (Wildman–Crippen LogP) is 11.5. The molecule has 0 bridgehead atoms. The maximum Gasteiger partial charge on any atom is 0.314 e. The van der Waals surface area contributed by atoms with Crippen LogP contribution in [0.15, 0.2) is 0 Å². The zero-order chi connectivity index (χ0) is 51.3. The normalized spacial score (nSPS) is 31.5. The summed E-state index contributed by atoms with van der Waals surface area (Å²) in [6.07, 6.45) is 0. The summed E-state index contributed by atoms with van der Waals surface area (Å²) in [7, 11) is -44.8. The van der Waals surface area contributed by atoms with Crippen LogP contribution in [0.25, 0.3) is 0 Å². The molecule has 0 saturated carbocycles. The zero-order valence-electron chi connectivity index (χ0n) is 46.5. The minimum absolute atomic E-state index is 2.06. The Morgan fingerprint density at radius 3 is 0.156 bits per heavy atom. The molecule has 0 amide bonds. The van der Waals surface area contributed by atoms with E-state index in [2.05, 4.69) is 210 Å². The van der Waals surface area contributed by atoms with Gasteiger partial charge in [0.05, 0.1) is 0 Å². The second kappa shape index (κ2) is 21.0. The molecule has 0 aromatic carbocycles. The Balaban J connectivity index is 3.67. The highest BCUT2D eigenvalue weighted by atomic mass is 28.6. The average molecular weight is 1190 g/mol. The van der Waals surface area contributed by atoms with Gasteiger partial charge in [0.2, 0.25) is 0 Å². The van der Waals surface area contributed by atoms with Crippen LogP contribution in [0.2, 0.25) is 210 Å². The van der Waals surface area contributed by atoms with Crippen LogP contribution in [0.3, 0.4) is 0 Å². The van der Waals surface area contributed by atoms with E-state index in [1.807, 2.05) is 0 Å². The third kappa shape index (κ3) is 27.0. The standard InChI is InChI=1S/C32H96O16Si16/c1-49(2)33-50(3,4)35-52(7,8)37-54(11,12)39-56(15,16)41-58(19,20)43-60(23,24)45-62(27,28)47-64(31,32)48-63(29,30)46-61(25,26)44-59(21,22)42-57(17,18)40-55(13,14)38-53(9,10)36-51(5,6)34-49/h1-32H3. The van der Waals surface area contributed by atoms with Gasteiger partial charge in [-0.15, -0.1) is 0 Å². The minimum atomic E-state index is -2.80. The van der Waals surface area contributed by atoms with Crippen LogP contribution >= 0.6 is 0 Å². The van der Waals surface area contributed by atoms with E-state index in [1.165, 1.54) is 0 Å². The molecule has 0 spiro atoms. The van der Waals surface area contributed by atoms with Crippen LogP contribution in [-0.4, -0.2) is 137 Å². The molecule has 0 unspecified atom stereocenters. The van der Waals surface area contributed by atoms with Crippen molar-refractivity contribution in [1.82, 2.24) is 0 Å². The number of rotatable bonds is 0. The molecule has 0 N–H and O–H groups in total. The highest BCUT2D eigenvalue weighted by Gasteiger charge is 2.54. The Bertz CT molecular complexity index is 1040. The van der Waals surface area contributed by atoms with E-state index >= 15 is 0 Å². The van der Waals surface area contributed by atoms with Gasteiger partial charge in [0.15, 0.2) is 0 Å². The van der Waals surface area contributed by atoms with Gasteiger partial charge >= 0.3 is 137 Å². The molecule has 0 aromatic heterocycles. The fraction of sp³-hybridized carbons (Fsp3) is 1.00. The van der Waals surface area contributed by atoms with Crippen LogP contribution in [0.4, 0.5) is 0 Å². The van der Waals surface area contributed by atoms with Crippen LogP contribution in [-0.2, 0) is 65.8 Å². The Labute approximate surface area is 409 Å². The van der Waals surface area contributed by atoms with Gasteiger partial charge in [-0.1, -0.05) is 0 Å². The lowest BCUT2D eigenvalue weighted by Crippen LogP contribution is -2.63. The van der Waals surface area contributed by atoms with Gasteiger partial charge in [0, 0.05) is 0 Å². The second-order valence-electron chi connectivity index (χ2n) is 24.0. The second-order valence-corrected chi connectivity index (χ2v) is 81.9. The molecule has 1 fully saturated rings. The predicted molar refractivity (Wildman–Crippen MR) is 297 cm³/mol. The van der Waals surface area contributed by atoms with Gasteiger partial charge in [0.25, 0.3) is 0 Å². The highest BCUT2D eigenvalue weighted by Crippen LogP contribution is 2.34. The Morgan fingerprint density at radius 1 is 0.0938 bits per heavy atom. The molecule has 0 aliphatic carbocycles. The molecular formula is C32H96O16Si16. The number of hydrogen-bond acceptors (Lipinski definition) is 16. The van der Waals surface area contributed by atoms with Crippen LogP contribution in [0.1, 0.15) is 0 Å². The third-order valence-corrected chi connectivity index (χ3v) is 70.8. The first kappa shape index (κ1) is 64.8. The Hall–Kier alpha value is 2.83. The van der Waals surface area contributed by atoms with Crippen molar-refractivity contribution in [3.8, 4) is 0 Å². The van der Waals surface area contributed by atoms with Crippen molar-refractivity contribution < 1.29 is 65.8 Å². The third-order valence-electron chi connectivity index (χ3n) is 7.87. The number of hydrogen-bond donors (Lipinski definition) is 0. The first-order valence-corrected chi connectivity index (χ1v) is 67.6. The van der Waals surface area contributed by atoms with E-state index in [0.717, 1.165) is 0 Å². The smallest absolute Gasteiger partial charge is 0.314 e. The van der Waals surface area contributed by atoms with Gasteiger partial charge in [-0.2, -0.15) is 0 Å². The van der Waals surface area contributed by atoms with Crippen molar-refractivity contribution in [2.75, 3.05) is 0 Å². The molecule has 0 aromatic rings. The SMILES string of the molecule is C[Si]1(C)O[Si](C)(C)O[Si](C)(C)O[Si](C)(C)O[Si](C)(C)O[Si](C)(C)O[Si](C)(C)O[Si](C)(C)O[Si](C)(C)O[Si](C)(C)O[Si](C)(C)O[Si](C)(C)O[Si](C)(C)O[Si](C)(C)O[Si](C)(C)O[Si](C)(C)O1. The summed E-state index contributed by atoms with van der Waals surface area (Å²) in [5, 5.41) is 0. The van der Waals surface area contributed by atoms with Crippen molar-refractivity contribution in [2.45, 2.75) is 210 Å². The lowest BCUT2D eigenvalue weighted by atomic mass is 11.9. The topological polar surface area (TPSA) is 148 Å². The van der Waals surface area contributed by atoms with E-state index in [0.29, 0.717) is 0 Å². The minimum Gasteiger partial charge on any atom is -0.416 e. The van der Waals surface area contributed by atoms with Crippen molar-refractivity contribution in [3.05, 3.63) is 0 Å². The molecule has 1 aliphatic heterocycles. The summed E-state index contributed by atoms with van der Waals surface area (Å²) in [5.74, 6) is 0. The van der Waals surface area contributed by atoms with Gasteiger partial charge in [0.1, 0.15) is 0 Å². The molecule has 1 saturated heterocycles. The highest BCUT2D eigenvalue weighted by molar-refractivity contribution is 6.95. The van der Waals surface area contributed by atoms with E-state index < -0.39 is 137 Å². The van der Waals surface area contributed by atoms with E-state index in [9.17, 15) is 0 Å². The molecule has 1 aliphatic rings. The summed E-state index contributed by atoms with van der Waals surface area (Å²) in [5.41, 5.74) is 0. The summed E-state index contributed by atoms with van der Waals surface area (Å²) in [6.45, 7) is 65.8. The summed E-state index contributed by atoms with van der Waals surface area (Å²) < 4.78 is 110. The van der Waals surface area contributed by atoms with Crippen molar-refractivity contribution in [2.24, 2.45) is 0 Å². The van der Waals surface area contributed by atoms with Gasteiger partial charge in [-0.05, 0) is 210 Å². The molecule has 384 valence electrons. The molecule has 1 rings (SSSR count). The lowest BCUT2D eigenvalue weighted by Gasteiger charge is -2.46. The molecular weight excluding hydrogens is 1090 g/mol. The van der Waals surface area contributed by atoms with Crippen molar-refractivity contribution >= 4 is 137 Å². The quantitative estimate of drug-likeness (QED) is 0.212. The molecule has 1 heterocycles. The Kier molecular flexibility index (Phi) is 21.3. The van der Waals surface area contributed by atoms with E-state index in [4.69, 9.17) is 65.8 Å². The van der Waals surface area contributed by atoms with Gasteiger partial charge in [-0.25, -0.2) is 0 Å². The lowest BCUT2D eigenvalue weighted by molar-refractivity contribution is 0.246. The van der Waals surface area contributed by atoms with Gasteiger partial charge < -0.3 is 65.8 Å². The van der Waals surface area contributed by atoms with E-state index in [-0.39, 0.29) is 0 Å². The average Bonchev–Trinajstić information content (AvgIpc) is 2.73.